The quantitative estimate of drug-likeness (QED) is 0.190. The van der Waals surface area contributed by atoms with Gasteiger partial charge in [-0.3, -0.25) is 9.59 Å². The van der Waals surface area contributed by atoms with Crippen LogP contribution in [0.1, 0.15) is 32.3 Å². The SMILES string of the molecule is CCCCOc1ccc(/C=c2/sc3nc(-c4cc5ccccc5cc4OC(C)=O)nn3c2=O)cc1. The molecule has 5 aromatic rings. The summed E-state index contributed by atoms with van der Waals surface area (Å²) in [5.74, 6) is 1.06. The number of aromatic nitrogens is 3. The lowest BCUT2D eigenvalue weighted by Crippen LogP contribution is -2.23. The van der Waals surface area contributed by atoms with Crippen molar-refractivity contribution in [3.63, 3.8) is 0 Å². The van der Waals surface area contributed by atoms with Gasteiger partial charge in [-0.15, -0.1) is 5.10 Å². The molecule has 2 heterocycles. The van der Waals surface area contributed by atoms with Crippen LogP contribution < -0.4 is 19.6 Å². The Morgan fingerprint density at radius 1 is 1.09 bits per heavy atom. The summed E-state index contributed by atoms with van der Waals surface area (Å²) in [5.41, 5.74) is 1.20. The molecule has 2 aromatic heterocycles. The van der Waals surface area contributed by atoms with Crippen molar-refractivity contribution in [2.75, 3.05) is 6.61 Å². The van der Waals surface area contributed by atoms with Crippen LogP contribution in [-0.2, 0) is 4.79 Å². The van der Waals surface area contributed by atoms with Crippen LogP contribution in [0.25, 0.3) is 33.2 Å². The van der Waals surface area contributed by atoms with E-state index in [4.69, 9.17) is 9.47 Å². The largest absolute Gasteiger partial charge is 0.494 e. The highest BCUT2D eigenvalue weighted by atomic mass is 32.1. The van der Waals surface area contributed by atoms with Crippen LogP contribution in [-0.4, -0.2) is 27.2 Å². The molecule has 8 heteroatoms. The van der Waals surface area contributed by atoms with Gasteiger partial charge in [0, 0.05) is 6.92 Å². The molecular weight excluding hydrogens is 462 g/mol. The summed E-state index contributed by atoms with van der Waals surface area (Å²) in [4.78, 5) is 29.8. The standard InChI is InChI=1S/C27H23N3O4S/c1-3-4-13-33-21-11-9-18(10-12-21)14-24-26(32)30-27(35-24)28-25(29-30)22-15-19-7-5-6-8-20(19)16-23(22)34-17(2)31/h5-12,14-16H,3-4,13H2,1-2H3/b24-14+. The predicted octanol–water partition coefficient (Wildman–Crippen LogP) is 4.62. The van der Waals surface area contributed by atoms with E-state index in [-0.39, 0.29) is 5.56 Å². The van der Waals surface area contributed by atoms with Crippen molar-refractivity contribution in [1.29, 1.82) is 0 Å². The number of fused-ring (bicyclic) bond motifs is 2. The van der Waals surface area contributed by atoms with Crippen molar-refractivity contribution in [3.8, 4) is 22.9 Å². The van der Waals surface area contributed by atoms with Crippen LogP contribution in [0, 0.1) is 0 Å². The fourth-order valence-electron chi connectivity index (χ4n) is 3.73. The number of benzene rings is 3. The second-order valence-corrected chi connectivity index (χ2v) is 9.11. The first-order valence-electron chi connectivity index (χ1n) is 11.4. The van der Waals surface area contributed by atoms with E-state index < -0.39 is 5.97 Å². The van der Waals surface area contributed by atoms with E-state index in [1.807, 2.05) is 60.7 Å². The summed E-state index contributed by atoms with van der Waals surface area (Å²) in [5, 5.41) is 6.33. The minimum absolute atomic E-state index is 0.248. The van der Waals surface area contributed by atoms with Crippen molar-refractivity contribution in [2.24, 2.45) is 0 Å². The van der Waals surface area contributed by atoms with Gasteiger partial charge in [0.15, 0.2) is 5.82 Å². The summed E-state index contributed by atoms with van der Waals surface area (Å²) in [6.45, 7) is 4.16. The van der Waals surface area contributed by atoms with E-state index in [0.29, 0.717) is 33.2 Å². The molecule has 0 atom stereocenters. The molecular formula is C27H23N3O4S. The molecule has 0 aliphatic rings. The lowest BCUT2D eigenvalue weighted by Gasteiger charge is -2.08. The van der Waals surface area contributed by atoms with E-state index in [1.54, 1.807) is 6.07 Å². The number of unbranched alkanes of at least 4 members (excludes halogenated alkanes) is 1. The van der Waals surface area contributed by atoms with Gasteiger partial charge < -0.3 is 9.47 Å². The number of carbonyl (C=O) groups excluding carboxylic acids is 1. The van der Waals surface area contributed by atoms with Gasteiger partial charge in [-0.1, -0.05) is 61.1 Å². The smallest absolute Gasteiger partial charge is 0.308 e. The molecule has 0 aliphatic heterocycles. The Hall–Kier alpha value is -4.04. The summed E-state index contributed by atoms with van der Waals surface area (Å²) < 4.78 is 13.0. The molecule has 0 bridgehead atoms. The first-order chi connectivity index (χ1) is 17.0. The Bertz CT molecular complexity index is 1640. The summed E-state index contributed by atoms with van der Waals surface area (Å²) in [6.07, 6.45) is 3.91. The van der Waals surface area contributed by atoms with Crippen LogP contribution >= 0.6 is 11.3 Å². The zero-order valence-electron chi connectivity index (χ0n) is 19.4. The van der Waals surface area contributed by atoms with E-state index >= 15 is 0 Å². The maximum absolute atomic E-state index is 13.0. The third-order valence-corrected chi connectivity index (χ3v) is 6.43. The molecule has 7 nitrogen and oxygen atoms in total. The fourth-order valence-corrected chi connectivity index (χ4v) is 4.64. The van der Waals surface area contributed by atoms with E-state index in [1.165, 1.54) is 22.8 Å². The second kappa shape index (κ2) is 9.68. The number of hydrogen-bond donors (Lipinski definition) is 0. The average Bonchev–Trinajstić information content (AvgIpc) is 3.38. The van der Waals surface area contributed by atoms with Gasteiger partial charge in [-0.2, -0.15) is 9.50 Å². The number of esters is 1. The highest BCUT2D eigenvalue weighted by molar-refractivity contribution is 7.15. The lowest BCUT2D eigenvalue weighted by atomic mass is 10.1. The maximum atomic E-state index is 13.0. The summed E-state index contributed by atoms with van der Waals surface area (Å²) in [6, 6.07) is 19.0. The number of carbonyl (C=O) groups is 1. The molecule has 3 aromatic carbocycles. The minimum atomic E-state index is -0.439. The van der Waals surface area contributed by atoms with Gasteiger partial charge in [-0.25, -0.2) is 0 Å². The fraction of sp³-hybridized carbons (Fsp3) is 0.185. The Morgan fingerprint density at radius 3 is 2.51 bits per heavy atom. The van der Waals surface area contributed by atoms with Gasteiger partial charge >= 0.3 is 5.97 Å². The van der Waals surface area contributed by atoms with Gasteiger partial charge in [0.2, 0.25) is 4.96 Å². The number of hydrogen-bond acceptors (Lipinski definition) is 7. The first-order valence-corrected chi connectivity index (χ1v) is 12.2. The number of nitrogens with zero attached hydrogens (tertiary/aromatic N) is 3. The van der Waals surface area contributed by atoms with Gasteiger partial charge in [0.25, 0.3) is 5.56 Å². The third-order valence-electron chi connectivity index (χ3n) is 5.47. The monoisotopic (exact) mass is 485 g/mol. The predicted molar refractivity (Wildman–Crippen MR) is 137 cm³/mol. The van der Waals surface area contributed by atoms with Crippen LogP contribution in [0.5, 0.6) is 11.5 Å². The number of thiazole rings is 1. The Kier molecular flexibility index (Phi) is 6.29. The summed E-state index contributed by atoms with van der Waals surface area (Å²) in [7, 11) is 0. The molecule has 0 unspecified atom stereocenters. The molecule has 0 fully saturated rings. The first kappa shape index (κ1) is 22.7. The molecule has 0 saturated heterocycles. The van der Waals surface area contributed by atoms with Crippen molar-refractivity contribution in [2.45, 2.75) is 26.7 Å². The molecule has 0 N–H and O–H groups in total. The lowest BCUT2D eigenvalue weighted by molar-refractivity contribution is -0.131. The van der Waals surface area contributed by atoms with Gasteiger partial charge in [0.05, 0.1) is 16.7 Å². The van der Waals surface area contributed by atoms with Crippen molar-refractivity contribution in [3.05, 3.63) is 81.1 Å². The van der Waals surface area contributed by atoms with Crippen molar-refractivity contribution in [1.82, 2.24) is 14.6 Å². The highest BCUT2D eigenvalue weighted by Crippen LogP contribution is 2.33. The molecule has 0 aliphatic carbocycles. The van der Waals surface area contributed by atoms with Crippen LogP contribution in [0.2, 0.25) is 0 Å². The normalized spacial score (nSPS) is 11.9. The van der Waals surface area contributed by atoms with E-state index in [0.717, 1.165) is 34.9 Å². The molecule has 5 rings (SSSR count). The zero-order valence-corrected chi connectivity index (χ0v) is 20.2. The Morgan fingerprint density at radius 2 is 1.83 bits per heavy atom. The second-order valence-electron chi connectivity index (χ2n) is 8.11. The van der Waals surface area contributed by atoms with Crippen LogP contribution in [0.4, 0.5) is 0 Å². The molecule has 0 radical (unpaired) electrons. The van der Waals surface area contributed by atoms with E-state index in [2.05, 4.69) is 17.0 Å². The molecule has 176 valence electrons. The maximum Gasteiger partial charge on any atom is 0.308 e. The molecule has 35 heavy (non-hydrogen) atoms. The summed E-state index contributed by atoms with van der Waals surface area (Å²) >= 11 is 1.26. The highest BCUT2D eigenvalue weighted by Gasteiger charge is 2.17. The third kappa shape index (κ3) is 4.79. The average molecular weight is 486 g/mol. The Balaban J connectivity index is 1.50. The molecule has 0 spiro atoms. The number of rotatable bonds is 7. The molecule has 0 saturated carbocycles. The van der Waals surface area contributed by atoms with Crippen LogP contribution in [0.3, 0.4) is 0 Å². The van der Waals surface area contributed by atoms with Crippen molar-refractivity contribution < 1.29 is 14.3 Å². The number of ether oxygens (including phenoxy) is 2. The Labute approximate surface area is 205 Å². The molecule has 0 amide bonds. The van der Waals surface area contributed by atoms with E-state index in [9.17, 15) is 9.59 Å². The van der Waals surface area contributed by atoms with Gasteiger partial charge in [0.1, 0.15) is 11.5 Å². The zero-order chi connectivity index (χ0) is 24.4. The van der Waals surface area contributed by atoms with Crippen LogP contribution in [0.15, 0.2) is 65.5 Å². The minimum Gasteiger partial charge on any atom is -0.494 e. The topological polar surface area (TPSA) is 82.8 Å². The van der Waals surface area contributed by atoms with Gasteiger partial charge in [-0.05, 0) is 53.1 Å². The van der Waals surface area contributed by atoms with Crippen molar-refractivity contribution >= 4 is 39.1 Å².